The van der Waals surface area contributed by atoms with Crippen molar-refractivity contribution in [2.24, 2.45) is 0 Å². The van der Waals surface area contributed by atoms with Crippen molar-refractivity contribution in [3.05, 3.63) is 0 Å². The summed E-state index contributed by atoms with van der Waals surface area (Å²) in [6.07, 6.45) is 5.29. The Labute approximate surface area is 105 Å². The Bertz CT molecular complexity index is 202. The Hall–Kier alpha value is -0.160. The lowest BCUT2D eigenvalue weighted by atomic mass is 10.1. The molecule has 0 bridgehead atoms. The molecule has 17 heavy (non-hydrogen) atoms. The molecule has 0 radical (unpaired) electrons. The van der Waals surface area contributed by atoms with Gasteiger partial charge in [0.15, 0.2) is 0 Å². The van der Waals surface area contributed by atoms with E-state index in [2.05, 4.69) is 17.1 Å². The Kier molecular flexibility index (Phi) is 5.71. The second-order valence-electron chi connectivity index (χ2n) is 5.16. The maximum absolute atomic E-state index is 5.63. The van der Waals surface area contributed by atoms with Gasteiger partial charge >= 0.3 is 0 Å². The van der Waals surface area contributed by atoms with E-state index in [1.54, 1.807) is 0 Å². The molecule has 4 heteroatoms. The lowest BCUT2D eigenvalue weighted by Gasteiger charge is -2.31. The first-order valence-electron chi connectivity index (χ1n) is 7.03. The third-order valence-corrected chi connectivity index (χ3v) is 3.61. The molecule has 0 aromatic rings. The molecular formula is C13H26N2O2. The van der Waals surface area contributed by atoms with E-state index in [0.717, 1.165) is 19.6 Å². The lowest BCUT2D eigenvalue weighted by molar-refractivity contribution is -0.144. The Morgan fingerprint density at radius 1 is 1.29 bits per heavy atom. The van der Waals surface area contributed by atoms with Crippen LogP contribution in [-0.4, -0.2) is 56.6 Å². The summed E-state index contributed by atoms with van der Waals surface area (Å²) in [5, 5.41) is 3.58. The molecule has 2 rings (SSSR count). The normalized spacial score (nSPS) is 30.0. The molecule has 0 aromatic carbocycles. The van der Waals surface area contributed by atoms with Gasteiger partial charge in [-0.2, -0.15) is 0 Å². The topological polar surface area (TPSA) is 33.7 Å². The number of nitrogens with zero attached hydrogens (tertiary/aromatic N) is 1. The predicted octanol–water partition coefficient (Wildman–Crippen LogP) is 1.21. The Morgan fingerprint density at radius 3 is 2.88 bits per heavy atom. The van der Waals surface area contributed by atoms with Gasteiger partial charge in [-0.3, -0.25) is 4.90 Å². The molecule has 100 valence electrons. The van der Waals surface area contributed by atoms with Gasteiger partial charge in [-0.05, 0) is 38.8 Å². The van der Waals surface area contributed by atoms with Gasteiger partial charge in [0, 0.05) is 19.1 Å². The van der Waals surface area contributed by atoms with Crippen LogP contribution in [0.1, 0.15) is 32.6 Å². The van der Waals surface area contributed by atoms with Crippen molar-refractivity contribution in [2.45, 2.75) is 44.8 Å². The summed E-state index contributed by atoms with van der Waals surface area (Å²) < 4.78 is 10.9. The SMILES string of the molecule is CCCN(CC1CCCN1)CC1CCOCO1. The molecule has 0 spiro atoms. The molecule has 2 unspecified atom stereocenters. The highest BCUT2D eigenvalue weighted by Crippen LogP contribution is 2.12. The van der Waals surface area contributed by atoms with E-state index in [4.69, 9.17) is 9.47 Å². The Balaban J connectivity index is 1.74. The van der Waals surface area contributed by atoms with Gasteiger partial charge in [-0.25, -0.2) is 0 Å². The van der Waals surface area contributed by atoms with Crippen molar-refractivity contribution < 1.29 is 9.47 Å². The fraction of sp³-hybridized carbons (Fsp3) is 1.00. The monoisotopic (exact) mass is 242 g/mol. The first-order valence-corrected chi connectivity index (χ1v) is 7.03. The van der Waals surface area contributed by atoms with Crippen molar-refractivity contribution >= 4 is 0 Å². The highest BCUT2D eigenvalue weighted by Gasteiger charge is 2.21. The van der Waals surface area contributed by atoms with Crippen LogP contribution in [0.2, 0.25) is 0 Å². The molecule has 0 amide bonds. The van der Waals surface area contributed by atoms with E-state index >= 15 is 0 Å². The summed E-state index contributed by atoms with van der Waals surface area (Å²) in [4.78, 5) is 2.55. The second-order valence-corrected chi connectivity index (χ2v) is 5.16. The van der Waals surface area contributed by atoms with Crippen LogP contribution in [0.5, 0.6) is 0 Å². The van der Waals surface area contributed by atoms with Crippen LogP contribution in [0.3, 0.4) is 0 Å². The molecule has 2 atom stereocenters. The van der Waals surface area contributed by atoms with Crippen LogP contribution in [-0.2, 0) is 9.47 Å². The van der Waals surface area contributed by atoms with E-state index in [1.165, 1.54) is 38.9 Å². The van der Waals surface area contributed by atoms with E-state index < -0.39 is 0 Å². The molecule has 0 aliphatic carbocycles. The van der Waals surface area contributed by atoms with Crippen LogP contribution >= 0.6 is 0 Å². The van der Waals surface area contributed by atoms with Gasteiger partial charge in [-0.15, -0.1) is 0 Å². The van der Waals surface area contributed by atoms with Crippen LogP contribution in [0.15, 0.2) is 0 Å². The minimum atomic E-state index is 0.372. The number of hydrogen-bond donors (Lipinski definition) is 1. The first-order chi connectivity index (χ1) is 8.38. The van der Waals surface area contributed by atoms with Gasteiger partial charge in [0.25, 0.3) is 0 Å². The minimum absolute atomic E-state index is 0.372. The molecule has 0 saturated carbocycles. The van der Waals surface area contributed by atoms with Crippen molar-refractivity contribution in [2.75, 3.05) is 39.6 Å². The summed E-state index contributed by atoms with van der Waals surface area (Å²) in [5.74, 6) is 0. The molecule has 4 nitrogen and oxygen atoms in total. The van der Waals surface area contributed by atoms with Crippen molar-refractivity contribution in [3.8, 4) is 0 Å². The summed E-state index contributed by atoms with van der Waals surface area (Å²) >= 11 is 0. The van der Waals surface area contributed by atoms with E-state index in [1.807, 2.05) is 0 Å². The molecule has 2 saturated heterocycles. The van der Waals surface area contributed by atoms with Crippen molar-refractivity contribution in [1.29, 1.82) is 0 Å². The van der Waals surface area contributed by atoms with E-state index in [0.29, 0.717) is 18.9 Å². The quantitative estimate of drug-likeness (QED) is 0.759. The number of nitrogens with one attached hydrogen (secondary N) is 1. The third kappa shape index (κ3) is 4.54. The Morgan fingerprint density at radius 2 is 2.24 bits per heavy atom. The van der Waals surface area contributed by atoms with Crippen LogP contribution in [0.4, 0.5) is 0 Å². The highest BCUT2D eigenvalue weighted by atomic mass is 16.7. The summed E-state index contributed by atoms with van der Waals surface area (Å²) in [7, 11) is 0. The second kappa shape index (κ2) is 7.31. The molecule has 1 N–H and O–H groups in total. The maximum Gasteiger partial charge on any atom is 0.147 e. The summed E-state index contributed by atoms with van der Waals surface area (Å²) in [6.45, 7) is 8.19. The zero-order chi connectivity index (χ0) is 11.9. The average molecular weight is 242 g/mol. The van der Waals surface area contributed by atoms with E-state index in [9.17, 15) is 0 Å². The summed E-state index contributed by atoms with van der Waals surface area (Å²) in [6, 6.07) is 0.696. The highest BCUT2D eigenvalue weighted by molar-refractivity contribution is 4.79. The molecule has 2 aliphatic rings. The fourth-order valence-corrected chi connectivity index (χ4v) is 2.73. The zero-order valence-electron chi connectivity index (χ0n) is 11.0. The molecular weight excluding hydrogens is 216 g/mol. The van der Waals surface area contributed by atoms with Gasteiger partial charge in [0.2, 0.25) is 0 Å². The van der Waals surface area contributed by atoms with Crippen molar-refractivity contribution in [3.63, 3.8) is 0 Å². The van der Waals surface area contributed by atoms with Crippen LogP contribution in [0.25, 0.3) is 0 Å². The first kappa shape index (κ1) is 13.3. The standard InChI is InChI=1S/C13H26N2O2/c1-2-7-15(9-12-4-3-6-14-12)10-13-5-8-16-11-17-13/h12-14H,2-11H2,1H3. The third-order valence-electron chi connectivity index (χ3n) is 3.61. The predicted molar refractivity (Wildman–Crippen MR) is 68.1 cm³/mol. The van der Waals surface area contributed by atoms with Crippen molar-refractivity contribution in [1.82, 2.24) is 10.2 Å². The molecule has 2 aliphatic heterocycles. The average Bonchev–Trinajstić information content (AvgIpc) is 2.83. The molecule has 2 heterocycles. The van der Waals surface area contributed by atoms with Gasteiger partial charge in [0.1, 0.15) is 6.79 Å². The lowest BCUT2D eigenvalue weighted by Crippen LogP contribution is -2.43. The van der Waals surface area contributed by atoms with Gasteiger partial charge in [0.05, 0.1) is 12.7 Å². The van der Waals surface area contributed by atoms with Crippen LogP contribution in [0, 0.1) is 0 Å². The number of rotatable bonds is 6. The summed E-state index contributed by atoms with van der Waals surface area (Å²) in [5.41, 5.74) is 0. The maximum atomic E-state index is 5.63. The minimum Gasteiger partial charge on any atom is -0.355 e. The fourth-order valence-electron chi connectivity index (χ4n) is 2.73. The molecule has 0 aromatic heterocycles. The number of ether oxygens (including phenoxy) is 2. The van der Waals surface area contributed by atoms with Crippen LogP contribution < -0.4 is 5.32 Å². The largest absolute Gasteiger partial charge is 0.355 e. The van der Waals surface area contributed by atoms with E-state index in [-0.39, 0.29) is 0 Å². The smallest absolute Gasteiger partial charge is 0.147 e. The van der Waals surface area contributed by atoms with Gasteiger partial charge in [-0.1, -0.05) is 6.92 Å². The van der Waals surface area contributed by atoms with Gasteiger partial charge < -0.3 is 14.8 Å². The zero-order valence-corrected chi connectivity index (χ0v) is 11.0. The number of hydrogen-bond acceptors (Lipinski definition) is 4. The molecule has 2 fully saturated rings.